The Morgan fingerprint density at radius 1 is 1.30 bits per heavy atom. The van der Waals surface area contributed by atoms with Gasteiger partial charge in [-0.05, 0) is 19.3 Å². The number of carbonyl (C=O) groups excluding carboxylic acids is 1. The molecule has 20 heavy (non-hydrogen) atoms. The summed E-state index contributed by atoms with van der Waals surface area (Å²) >= 11 is 0. The Morgan fingerprint density at radius 2 is 1.90 bits per heavy atom. The fourth-order valence-electron chi connectivity index (χ4n) is 2.78. The number of hydrogen-bond donors (Lipinski definition) is 1. The summed E-state index contributed by atoms with van der Waals surface area (Å²) in [5.41, 5.74) is -0.218. The Labute approximate surface area is 117 Å². The number of piperidine rings is 1. The van der Waals surface area contributed by atoms with E-state index < -0.39 is 11.4 Å². The zero-order chi connectivity index (χ0) is 14.6. The molecule has 1 amide bonds. The van der Waals surface area contributed by atoms with Gasteiger partial charge in [0.1, 0.15) is 6.33 Å². The maximum atomic E-state index is 12.2. The molecule has 0 aromatic carbocycles. The molecule has 1 aromatic rings. The van der Waals surface area contributed by atoms with Gasteiger partial charge in [0.15, 0.2) is 0 Å². The van der Waals surface area contributed by atoms with Crippen LogP contribution < -0.4 is 0 Å². The van der Waals surface area contributed by atoms with Crippen molar-refractivity contribution < 1.29 is 14.7 Å². The molecule has 0 aliphatic carbocycles. The van der Waals surface area contributed by atoms with Gasteiger partial charge in [-0.3, -0.25) is 9.59 Å². The second-order valence-electron chi connectivity index (χ2n) is 5.25. The average Bonchev–Trinajstić information content (AvgIpc) is 2.48. The third-order valence-corrected chi connectivity index (χ3v) is 4.00. The lowest BCUT2D eigenvalue weighted by molar-refractivity contribution is -0.152. The third kappa shape index (κ3) is 2.79. The molecule has 0 radical (unpaired) electrons. The molecule has 108 valence electrons. The highest BCUT2D eigenvalue weighted by Crippen LogP contribution is 2.36. The SMILES string of the molecule is CCCC1(C(=O)O)CCN(C(=O)c2cncnc2)CC1. The number of rotatable bonds is 4. The maximum Gasteiger partial charge on any atom is 0.309 e. The number of carboxylic acid groups (broad SMARTS) is 1. The standard InChI is InChI=1S/C14H19N3O3/c1-2-3-14(13(19)20)4-6-17(7-5-14)12(18)11-8-15-10-16-9-11/h8-10H,2-7H2,1H3,(H,19,20). The fraction of sp³-hybridized carbons (Fsp3) is 0.571. The van der Waals surface area contributed by atoms with Gasteiger partial charge in [-0.15, -0.1) is 0 Å². The van der Waals surface area contributed by atoms with Crippen molar-refractivity contribution in [1.29, 1.82) is 0 Å². The van der Waals surface area contributed by atoms with Crippen LogP contribution in [0.25, 0.3) is 0 Å². The molecule has 6 heteroatoms. The highest BCUT2D eigenvalue weighted by atomic mass is 16.4. The van der Waals surface area contributed by atoms with Crippen LogP contribution in [0.15, 0.2) is 18.7 Å². The topological polar surface area (TPSA) is 83.4 Å². The lowest BCUT2D eigenvalue weighted by Gasteiger charge is -2.38. The molecule has 2 rings (SSSR count). The van der Waals surface area contributed by atoms with E-state index in [-0.39, 0.29) is 5.91 Å². The van der Waals surface area contributed by atoms with Crippen LogP contribution in [0.3, 0.4) is 0 Å². The second kappa shape index (κ2) is 5.98. The normalized spacial score (nSPS) is 17.8. The van der Waals surface area contributed by atoms with Crippen LogP contribution in [0.5, 0.6) is 0 Å². The summed E-state index contributed by atoms with van der Waals surface area (Å²) in [5.74, 6) is -0.865. The van der Waals surface area contributed by atoms with Crippen LogP contribution in [0.2, 0.25) is 0 Å². The fourth-order valence-corrected chi connectivity index (χ4v) is 2.78. The van der Waals surface area contributed by atoms with Crippen molar-refractivity contribution in [3.8, 4) is 0 Å². The minimum atomic E-state index is -0.741. The van der Waals surface area contributed by atoms with Gasteiger partial charge in [-0.1, -0.05) is 13.3 Å². The zero-order valence-corrected chi connectivity index (χ0v) is 11.6. The second-order valence-corrected chi connectivity index (χ2v) is 5.25. The molecule has 1 aromatic heterocycles. The molecular formula is C14H19N3O3. The molecule has 6 nitrogen and oxygen atoms in total. The average molecular weight is 277 g/mol. The van der Waals surface area contributed by atoms with Gasteiger partial charge in [-0.25, -0.2) is 9.97 Å². The molecule has 1 N–H and O–H groups in total. The number of nitrogens with zero attached hydrogens (tertiary/aromatic N) is 3. The number of carboxylic acids is 1. The number of aromatic nitrogens is 2. The van der Waals surface area contributed by atoms with Crippen LogP contribution in [-0.2, 0) is 4.79 Å². The molecule has 1 saturated heterocycles. The third-order valence-electron chi connectivity index (χ3n) is 4.00. The minimum absolute atomic E-state index is 0.124. The summed E-state index contributed by atoms with van der Waals surface area (Å²) < 4.78 is 0. The summed E-state index contributed by atoms with van der Waals surface area (Å²) in [5, 5.41) is 9.44. The van der Waals surface area contributed by atoms with Crippen molar-refractivity contribution in [2.24, 2.45) is 5.41 Å². The van der Waals surface area contributed by atoms with Crippen molar-refractivity contribution in [1.82, 2.24) is 14.9 Å². The summed E-state index contributed by atoms with van der Waals surface area (Å²) in [6.45, 7) is 2.93. The highest BCUT2D eigenvalue weighted by Gasteiger charge is 2.41. The monoisotopic (exact) mass is 277 g/mol. The summed E-state index contributed by atoms with van der Waals surface area (Å²) in [4.78, 5) is 33.1. The van der Waals surface area contributed by atoms with E-state index in [1.807, 2.05) is 6.92 Å². The van der Waals surface area contributed by atoms with Crippen LogP contribution in [0, 0.1) is 5.41 Å². The zero-order valence-electron chi connectivity index (χ0n) is 11.6. The van der Waals surface area contributed by atoms with E-state index in [1.165, 1.54) is 18.7 Å². The Kier molecular flexibility index (Phi) is 4.32. The van der Waals surface area contributed by atoms with Crippen molar-refractivity contribution >= 4 is 11.9 Å². The molecule has 0 unspecified atom stereocenters. The molecule has 0 spiro atoms. The van der Waals surface area contributed by atoms with Crippen molar-refractivity contribution in [2.45, 2.75) is 32.6 Å². The first-order valence-corrected chi connectivity index (χ1v) is 6.87. The molecule has 0 bridgehead atoms. The molecule has 1 fully saturated rings. The Bertz CT molecular complexity index is 482. The van der Waals surface area contributed by atoms with E-state index in [4.69, 9.17) is 0 Å². The first kappa shape index (κ1) is 14.4. The molecule has 1 aliphatic heterocycles. The first-order chi connectivity index (χ1) is 9.59. The van der Waals surface area contributed by atoms with Gasteiger partial charge in [0.25, 0.3) is 5.91 Å². The number of likely N-dealkylation sites (tertiary alicyclic amines) is 1. The maximum absolute atomic E-state index is 12.2. The molecular weight excluding hydrogens is 258 g/mol. The molecule has 2 heterocycles. The Balaban J connectivity index is 2.04. The van der Waals surface area contributed by atoms with E-state index in [1.54, 1.807) is 4.90 Å². The van der Waals surface area contributed by atoms with Gasteiger partial charge in [0.05, 0.1) is 11.0 Å². The van der Waals surface area contributed by atoms with Gasteiger partial charge in [-0.2, -0.15) is 0 Å². The number of aliphatic carboxylic acids is 1. The lowest BCUT2D eigenvalue weighted by atomic mass is 9.75. The summed E-state index contributed by atoms with van der Waals surface area (Å²) in [6, 6.07) is 0. The van der Waals surface area contributed by atoms with E-state index in [0.717, 1.165) is 6.42 Å². The van der Waals surface area contributed by atoms with Crippen LogP contribution in [0.1, 0.15) is 43.0 Å². The number of hydrogen-bond acceptors (Lipinski definition) is 4. The number of amides is 1. The van der Waals surface area contributed by atoms with Crippen molar-refractivity contribution in [3.63, 3.8) is 0 Å². The highest BCUT2D eigenvalue weighted by molar-refractivity contribution is 5.93. The molecule has 0 atom stereocenters. The predicted molar refractivity (Wildman–Crippen MR) is 72.1 cm³/mol. The Hall–Kier alpha value is -1.98. The summed E-state index contributed by atoms with van der Waals surface area (Å²) in [6.07, 6.45) is 6.88. The van der Waals surface area contributed by atoms with Crippen LogP contribution >= 0.6 is 0 Å². The molecule has 1 aliphatic rings. The lowest BCUT2D eigenvalue weighted by Crippen LogP contribution is -2.46. The van der Waals surface area contributed by atoms with Gasteiger partial charge >= 0.3 is 5.97 Å². The van der Waals surface area contributed by atoms with E-state index in [2.05, 4.69) is 9.97 Å². The van der Waals surface area contributed by atoms with Crippen LogP contribution in [0.4, 0.5) is 0 Å². The predicted octanol–water partition coefficient (Wildman–Crippen LogP) is 1.58. The van der Waals surface area contributed by atoms with Crippen LogP contribution in [-0.4, -0.2) is 44.9 Å². The van der Waals surface area contributed by atoms with Gasteiger partial charge < -0.3 is 10.0 Å². The van der Waals surface area contributed by atoms with Gasteiger partial charge in [0, 0.05) is 25.5 Å². The largest absolute Gasteiger partial charge is 0.481 e. The minimum Gasteiger partial charge on any atom is -0.481 e. The Morgan fingerprint density at radius 3 is 2.40 bits per heavy atom. The van der Waals surface area contributed by atoms with Crippen molar-refractivity contribution in [2.75, 3.05) is 13.1 Å². The van der Waals surface area contributed by atoms with Gasteiger partial charge in [0.2, 0.25) is 0 Å². The van der Waals surface area contributed by atoms with E-state index >= 15 is 0 Å². The van der Waals surface area contributed by atoms with E-state index in [0.29, 0.717) is 37.9 Å². The number of carbonyl (C=O) groups is 2. The first-order valence-electron chi connectivity index (χ1n) is 6.87. The van der Waals surface area contributed by atoms with E-state index in [9.17, 15) is 14.7 Å². The van der Waals surface area contributed by atoms with Crippen molar-refractivity contribution in [3.05, 3.63) is 24.3 Å². The molecule has 0 saturated carbocycles. The smallest absolute Gasteiger partial charge is 0.309 e. The quantitative estimate of drug-likeness (QED) is 0.903. The summed E-state index contributed by atoms with van der Waals surface area (Å²) in [7, 11) is 0.